The molecule has 366 valence electrons. The Balaban J connectivity index is 1.19. The number of H-pyrrole nitrogens is 2. The Labute approximate surface area is 404 Å². The normalized spacial score (nSPS) is 21.9. The Morgan fingerprint density at radius 3 is 1.93 bits per heavy atom. The molecular formula is C49H48ClN4O15P. The van der Waals surface area contributed by atoms with Gasteiger partial charge in [0.1, 0.15) is 41.6 Å². The van der Waals surface area contributed by atoms with E-state index in [1.165, 1.54) is 32.2 Å². The lowest BCUT2D eigenvalue weighted by molar-refractivity contribution is -0.166. The lowest BCUT2D eigenvalue weighted by Crippen LogP contribution is -2.49. The second-order valence-electron chi connectivity index (χ2n) is 16.6. The average molecular weight is 999 g/mol. The van der Waals surface area contributed by atoms with Gasteiger partial charge in [0.2, 0.25) is 17.3 Å². The van der Waals surface area contributed by atoms with Crippen LogP contribution in [0.3, 0.4) is 0 Å². The molecule has 0 amide bonds. The van der Waals surface area contributed by atoms with E-state index in [0.29, 0.717) is 28.2 Å². The largest absolute Gasteiger partial charge is 0.595 e. The molecule has 7 atom stereocenters. The quantitative estimate of drug-likeness (QED) is 0.0615. The average Bonchev–Trinajstić information content (AvgIpc) is 3.89. The number of methoxy groups -OCH3 is 2. The third kappa shape index (κ3) is 9.75. The van der Waals surface area contributed by atoms with E-state index >= 15 is 0 Å². The molecule has 70 heavy (non-hydrogen) atoms. The molecule has 2 fully saturated rings. The van der Waals surface area contributed by atoms with Gasteiger partial charge in [-0.1, -0.05) is 78.3 Å². The Hall–Kier alpha value is -6.67. The summed E-state index contributed by atoms with van der Waals surface area (Å²) in [4.78, 5) is 84.7. The van der Waals surface area contributed by atoms with Crippen molar-refractivity contribution in [1.82, 2.24) is 19.1 Å². The summed E-state index contributed by atoms with van der Waals surface area (Å²) in [6, 6.07) is 29.9. The fourth-order valence-corrected chi connectivity index (χ4v) is 10.2. The number of para-hydroxylation sites is 1. The van der Waals surface area contributed by atoms with Crippen LogP contribution in [0.5, 0.6) is 17.2 Å². The van der Waals surface area contributed by atoms with E-state index in [1.54, 1.807) is 50.6 Å². The summed E-state index contributed by atoms with van der Waals surface area (Å²) in [5.41, 5.74) is -4.94. The summed E-state index contributed by atoms with van der Waals surface area (Å²) in [7, 11) is -0.176. The minimum Gasteiger partial charge on any atom is -0.595 e. The summed E-state index contributed by atoms with van der Waals surface area (Å²) in [5.74, 6) is -0.0418. The maximum atomic E-state index is 14.5. The van der Waals surface area contributed by atoms with Crippen LogP contribution in [0, 0.1) is 13.8 Å². The summed E-state index contributed by atoms with van der Waals surface area (Å²) in [6.45, 7) is 1.63. The third-order valence-electron chi connectivity index (χ3n) is 12.3. The first-order valence-electron chi connectivity index (χ1n) is 21.8. The van der Waals surface area contributed by atoms with Gasteiger partial charge < -0.3 is 43.5 Å². The fourth-order valence-electron chi connectivity index (χ4n) is 8.63. The van der Waals surface area contributed by atoms with E-state index in [-0.39, 0.29) is 34.9 Å². The number of aromatic amines is 2. The fraction of sp³-hybridized carbons (Fsp3) is 0.306. The molecule has 4 aromatic carbocycles. The Kier molecular flexibility index (Phi) is 14.7. The van der Waals surface area contributed by atoms with Crippen LogP contribution in [0.2, 0.25) is 5.02 Å². The monoisotopic (exact) mass is 998 g/mol. The molecule has 4 N–H and O–H groups in total. The molecule has 19 nitrogen and oxygen atoms in total. The van der Waals surface area contributed by atoms with Gasteiger partial charge in [-0.2, -0.15) is 0 Å². The van der Waals surface area contributed by atoms with E-state index in [0.717, 1.165) is 15.3 Å². The second kappa shape index (κ2) is 20.7. The van der Waals surface area contributed by atoms with E-state index in [4.69, 9.17) is 44.5 Å². The van der Waals surface area contributed by atoms with Gasteiger partial charge in [0.25, 0.3) is 19.1 Å². The number of esters is 1. The SMILES string of the molecule is COc1ccc(C(OC[C@H]2O[C@@H](n3cc(C)c(=O)[nH]c3=O)C[C@@H]2OC(=O)C[C@]2(O)C(=[P+]([O-])Oc3ccccc3Cl)[C@H](n3cc(C)c(=O)[nH]c3=O)O[C@@H]2CO)(c2ccccc2)c2ccc(OC)cc2)cc1. The van der Waals surface area contributed by atoms with Crippen molar-refractivity contribution in [3.05, 3.63) is 190 Å². The molecule has 1 unspecified atom stereocenters. The highest BCUT2D eigenvalue weighted by atomic mass is 35.5. The number of halogens is 1. The number of hydrogen-bond acceptors (Lipinski definition) is 15. The van der Waals surface area contributed by atoms with Gasteiger partial charge in [0.05, 0.1) is 38.9 Å². The molecular weight excluding hydrogens is 951 g/mol. The Morgan fingerprint density at radius 1 is 0.814 bits per heavy atom. The van der Waals surface area contributed by atoms with Crippen LogP contribution >= 0.6 is 19.6 Å². The van der Waals surface area contributed by atoms with E-state index in [1.807, 2.05) is 54.6 Å². The van der Waals surface area contributed by atoms with E-state index < -0.39 is 96.8 Å². The highest BCUT2D eigenvalue weighted by molar-refractivity contribution is 7.47. The number of benzene rings is 4. The van der Waals surface area contributed by atoms with Crippen molar-refractivity contribution < 1.29 is 52.8 Å². The number of aryl methyl sites for hydroxylation is 2. The zero-order valence-electron chi connectivity index (χ0n) is 38.1. The number of ether oxygens (including phenoxy) is 6. The summed E-state index contributed by atoms with van der Waals surface area (Å²) in [5, 5.41) is 22.8. The number of carbonyl (C=O) groups is 1. The van der Waals surface area contributed by atoms with Gasteiger partial charge in [0.15, 0.2) is 5.60 Å². The minimum absolute atomic E-state index is 0.0382. The first-order valence-corrected chi connectivity index (χ1v) is 23.4. The zero-order chi connectivity index (χ0) is 49.9. The highest BCUT2D eigenvalue weighted by Gasteiger charge is 2.60. The number of hydrogen-bond donors (Lipinski definition) is 4. The molecule has 4 heterocycles. The number of nitrogens with zero attached hydrogens (tertiary/aromatic N) is 2. The van der Waals surface area contributed by atoms with Crippen LogP contribution in [0.1, 0.15) is 53.1 Å². The topological polar surface area (TPSA) is 255 Å². The maximum Gasteiger partial charge on any atom is 0.330 e. The minimum atomic E-state index is -3.27. The van der Waals surface area contributed by atoms with Crippen LogP contribution in [0.15, 0.2) is 135 Å². The number of aliphatic hydroxyl groups excluding tert-OH is 1. The van der Waals surface area contributed by atoms with Crippen LogP contribution in [0.4, 0.5) is 0 Å². The van der Waals surface area contributed by atoms with Crippen molar-refractivity contribution in [3.63, 3.8) is 0 Å². The predicted molar refractivity (Wildman–Crippen MR) is 253 cm³/mol. The van der Waals surface area contributed by atoms with Crippen LogP contribution in [-0.4, -0.2) is 91.9 Å². The molecule has 21 heteroatoms. The first kappa shape index (κ1) is 49.7. The van der Waals surface area contributed by atoms with E-state index in [9.17, 15) is 39.1 Å². The number of carbonyl (C=O) groups excluding carboxylic acids is 1. The molecule has 0 bridgehead atoms. The van der Waals surface area contributed by atoms with Gasteiger partial charge in [-0.25, -0.2) is 9.59 Å². The summed E-state index contributed by atoms with van der Waals surface area (Å²) >= 11 is 6.34. The molecule has 8 rings (SSSR count). The molecule has 0 saturated carbocycles. The molecule has 2 aliphatic heterocycles. The Bertz CT molecular complexity index is 3090. The molecule has 0 spiro atoms. The predicted octanol–water partition coefficient (Wildman–Crippen LogP) is 3.52. The number of aromatic nitrogens is 4. The van der Waals surface area contributed by atoms with Crippen molar-refractivity contribution in [3.8, 4) is 17.2 Å². The summed E-state index contributed by atoms with van der Waals surface area (Å²) < 4.78 is 44.5. The molecule has 0 radical (unpaired) electrons. The second-order valence-corrected chi connectivity index (χ2v) is 18.2. The van der Waals surface area contributed by atoms with Crippen molar-refractivity contribution in [2.75, 3.05) is 27.4 Å². The van der Waals surface area contributed by atoms with Gasteiger partial charge >= 0.3 is 17.3 Å². The van der Waals surface area contributed by atoms with Crippen molar-refractivity contribution >= 4 is 30.9 Å². The van der Waals surface area contributed by atoms with Gasteiger partial charge in [0, 0.05) is 29.9 Å². The number of rotatable bonds is 16. The van der Waals surface area contributed by atoms with Crippen LogP contribution in [0.25, 0.3) is 0 Å². The third-order valence-corrected chi connectivity index (χ3v) is 13.9. The molecule has 2 saturated heterocycles. The van der Waals surface area contributed by atoms with Gasteiger partial charge in [-0.05, 0) is 66.9 Å². The molecule has 6 aromatic rings. The maximum absolute atomic E-state index is 14.5. The lowest BCUT2D eigenvalue weighted by atomic mass is 9.80. The van der Waals surface area contributed by atoms with Crippen molar-refractivity contribution in [2.24, 2.45) is 0 Å². The molecule has 2 aromatic heterocycles. The van der Waals surface area contributed by atoms with Gasteiger partial charge in [-0.3, -0.25) is 38.0 Å². The first-order chi connectivity index (χ1) is 33.6. The summed E-state index contributed by atoms with van der Waals surface area (Å²) in [6.07, 6.45) is -5.80. The van der Waals surface area contributed by atoms with Crippen molar-refractivity contribution in [1.29, 1.82) is 0 Å². The van der Waals surface area contributed by atoms with Crippen molar-refractivity contribution in [2.45, 2.75) is 68.7 Å². The zero-order valence-corrected chi connectivity index (χ0v) is 39.8. The standard InChI is InChI=1S/C49H48ClN4O15P/c1-28-24-53(46(59)51-43(28)57)40-22-37(38(66-40)27-65-49(30-10-6-5-7-11-30,31-14-18-33(63-3)19-15-31)32-16-20-34(64-4)21-17-32)67-41(56)23-48(61)39(26-55)68-45(54-25-29(2)44(58)52-47(54)60)42(48)70(62)69-36-13-9-8-12-35(36)50/h5-21,24-25,37-40,45,55,61H,22-23,26-27H2,1-4H3,(H,51,57,59)(H,52,58,60)/t37-,38+,39+,40+,45+,48+/m0/s1. The molecule has 2 aliphatic rings. The smallest absolute Gasteiger partial charge is 0.330 e. The van der Waals surface area contributed by atoms with E-state index in [2.05, 4.69) is 9.97 Å². The van der Waals surface area contributed by atoms with Crippen LogP contribution < -0.4 is 41.4 Å². The van der Waals surface area contributed by atoms with Gasteiger partial charge in [-0.15, -0.1) is 0 Å². The highest BCUT2D eigenvalue weighted by Crippen LogP contribution is 2.46. The lowest BCUT2D eigenvalue weighted by Gasteiger charge is -2.37. The van der Waals surface area contributed by atoms with Crippen LogP contribution in [-0.2, 0) is 29.3 Å². The molecule has 0 aliphatic carbocycles. The Morgan fingerprint density at radius 2 is 1.36 bits per heavy atom. The number of aliphatic hydroxyl groups is 2. The number of nitrogens with one attached hydrogen (secondary N) is 2.